The second-order valence-electron chi connectivity index (χ2n) is 3.72. The molecule has 0 amide bonds. The fraction of sp³-hybridized carbons (Fsp3) is 0.455. The summed E-state index contributed by atoms with van der Waals surface area (Å²) in [5, 5.41) is 0. The zero-order valence-electron chi connectivity index (χ0n) is 8.46. The molecule has 0 heterocycles. The molecule has 0 fully saturated rings. The van der Waals surface area contributed by atoms with E-state index in [9.17, 15) is 4.39 Å². The van der Waals surface area contributed by atoms with Crippen LogP contribution in [0.1, 0.15) is 11.1 Å². The highest BCUT2D eigenvalue weighted by Gasteiger charge is 2.26. The molecule has 1 rings (SSSR count). The Labute approximate surface area is 84.1 Å². The van der Waals surface area contributed by atoms with Crippen LogP contribution >= 0.6 is 0 Å². The molecule has 0 spiro atoms. The number of rotatable bonds is 4. The Morgan fingerprint density at radius 3 is 2.07 bits per heavy atom. The molecule has 3 heteroatoms. The minimum atomic E-state index is -1.46. The maximum absolute atomic E-state index is 13.8. The largest absolute Gasteiger partial charge is 0.327 e. The summed E-state index contributed by atoms with van der Waals surface area (Å²) in [5.41, 5.74) is 11.3. The molecule has 0 aliphatic carbocycles. The predicted molar refractivity (Wildman–Crippen MR) is 56.8 cm³/mol. The Morgan fingerprint density at radius 2 is 1.64 bits per heavy atom. The van der Waals surface area contributed by atoms with Crippen LogP contribution in [0.3, 0.4) is 0 Å². The van der Waals surface area contributed by atoms with Crippen LogP contribution in [0.15, 0.2) is 24.3 Å². The Hall–Kier alpha value is -0.930. The van der Waals surface area contributed by atoms with Gasteiger partial charge in [-0.25, -0.2) is 4.39 Å². The van der Waals surface area contributed by atoms with Crippen molar-refractivity contribution in [1.29, 1.82) is 0 Å². The van der Waals surface area contributed by atoms with E-state index >= 15 is 0 Å². The lowest BCUT2D eigenvalue weighted by atomic mass is 9.96. The van der Waals surface area contributed by atoms with E-state index in [0.717, 1.165) is 5.56 Å². The van der Waals surface area contributed by atoms with Gasteiger partial charge in [0.25, 0.3) is 0 Å². The SMILES string of the molecule is Cc1ccc(CC(F)(CN)CN)cc1. The van der Waals surface area contributed by atoms with Crippen molar-refractivity contribution in [1.82, 2.24) is 0 Å². The van der Waals surface area contributed by atoms with Gasteiger partial charge in [-0.15, -0.1) is 0 Å². The summed E-state index contributed by atoms with van der Waals surface area (Å²) in [4.78, 5) is 0. The standard InChI is InChI=1S/C11H17FN2/c1-9-2-4-10(5-3-9)6-11(12,7-13)8-14/h2-5H,6-8,13-14H2,1H3. The molecule has 0 aliphatic rings. The highest BCUT2D eigenvalue weighted by molar-refractivity contribution is 5.23. The van der Waals surface area contributed by atoms with Crippen molar-refractivity contribution < 1.29 is 4.39 Å². The van der Waals surface area contributed by atoms with Crippen LogP contribution < -0.4 is 11.5 Å². The lowest BCUT2D eigenvalue weighted by Crippen LogP contribution is -2.42. The predicted octanol–water partition coefficient (Wildman–Crippen LogP) is 1.16. The van der Waals surface area contributed by atoms with Gasteiger partial charge in [-0.05, 0) is 12.5 Å². The van der Waals surface area contributed by atoms with Gasteiger partial charge in [-0.2, -0.15) is 0 Å². The molecular weight excluding hydrogens is 179 g/mol. The van der Waals surface area contributed by atoms with Crippen molar-refractivity contribution in [3.63, 3.8) is 0 Å². The second-order valence-corrected chi connectivity index (χ2v) is 3.72. The number of hydrogen-bond donors (Lipinski definition) is 2. The Balaban J connectivity index is 2.72. The molecule has 0 aromatic heterocycles. The van der Waals surface area contributed by atoms with Gasteiger partial charge < -0.3 is 11.5 Å². The van der Waals surface area contributed by atoms with E-state index in [1.807, 2.05) is 31.2 Å². The van der Waals surface area contributed by atoms with Crippen molar-refractivity contribution in [3.8, 4) is 0 Å². The fourth-order valence-corrected chi connectivity index (χ4v) is 1.30. The maximum atomic E-state index is 13.8. The number of nitrogens with two attached hydrogens (primary N) is 2. The second kappa shape index (κ2) is 4.53. The highest BCUT2D eigenvalue weighted by atomic mass is 19.1. The van der Waals surface area contributed by atoms with Gasteiger partial charge in [-0.3, -0.25) is 0 Å². The summed E-state index contributed by atoms with van der Waals surface area (Å²) in [7, 11) is 0. The van der Waals surface area contributed by atoms with Crippen LogP contribution in [0.5, 0.6) is 0 Å². The van der Waals surface area contributed by atoms with Crippen LogP contribution in [-0.2, 0) is 6.42 Å². The molecule has 0 radical (unpaired) electrons. The summed E-state index contributed by atoms with van der Waals surface area (Å²) in [5.74, 6) is 0. The normalized spacial score (nSPS) is 11.7. The topological polar surface area (TPSA) is 52.0 Å². The molecule has 78 valence electrons. The van der Waals surface area contributed by atoms with Crippen LogP contribution in [0.25, 0.3) is 0 Å². The molecule has 0 atom stereocenters. The van der Waals surface area contributed by atoms with Crippen molar-refractivity contribution in [2.24, 2.45) is 11.5 Å². The number of halogens is 1. The number of aryl methyl sites for hydroxylation is 1. The molecule has 1 aromatic carbocycles. The summed E-state index contributed by atoms with van der Waals surface area (Å²) >= 11 is 0. The molecule has 0 saturated heterocycles. The summed E-state index contributed by atoms with van der Waals surface area (Å²) < 4.78 is 13.8. The van der Waals surface area contributed by atoms with E-state index in [1.54, 1.807) is 0 Å². The van der Waals surface area contributed by atoms with Crippen LogP contribution in [0.4, 0.5) is 4.39 Å². The van der Waals surface area contributed by atoms with Crippen LogP contribution in [0, 0.1) is 6.92 Å². The van der Waals surface area contributed by atoms with Crippen molar-refractivity contribution >= 4 is 0 Å². The lowest BCUT2D eigenvalue weighted by molar-refractivity contribution is 0.184. The van der Waals surface area contributed by atoms with E-state index in [0.29, 0.717) is 6.42 Å². The highest BCUT2D eigenvalue weighted by Crippen LogP contribution is 2.16. The molecule has 0 bridgehead atoms. The number of hydrogen-bond acceptors (Lipinski definition) is 2. The minimum absolute atomic E-state index is 0.0304. The van der Waals surface area contributed by atoms with Crippen molar-refractivity contribution in [2.45, 2.75) is 19.0 Å². The minimum Gasteiger partial charge on any atom is -0.327 e. The lowest BCUT2D eigenvalue weighted by Gasteiger charge is -2.21. The zero-order valence-corrected chi connectivity index (χ0v) is 8.46. The van der Waals surface area contributed by atoms with E-state index in [-0.39, 0.29) is 13.1 Å². The van der Waals surface area contributed by atoms with E-state index < -0.39 is 5.67 Å². The molecular formula is C11H17FN2. The molecule has 4 N–H and O–H groups in total. The molecule has 2 nitrogen and oxygen atoms in total. The Kier molecular flexibility index (Phi) is 3.61. The van der Waals surface area contributed by atoms with Gasteiger partial charge in [0, 0.05) is 19.5 Å². The van der Waals surface area contributed by atoms with Gasteiger partial charge in [-0.1, -0.05) is 29.8 Å². The summed E-state index contributed by atoms with van der Waals surface area (Å²) in [6.07, 6.45) is 0.292. The average Bonchev–Trinajstić information content (AvgIpc) is 2.21. The van der Waals surface area contributed by atoms with Crippen molar-refractivity contribution in [2.75, 3.05) is 13.1 Å². The third-order valence-corrected chi connectivity index (χ3v) is 2.37. The third-order valence-electron chi connectivity index (χ3n) is 2.37. The molecule has 1 aromatic rings. The smallest absolute Gasteiger partial charge is 0.139 e. The molecule has 0 unspecified atom stereocenters. The Bertz CT molecular complexity index is 278. The van der Waals surface area contributed by atoms with Crippen LogP contribution in [0.2, 0.25) is 0 Å². The van der Waals surface area contributed by atoms with Gasteiger partial charge in [0.1, 0.15) is 5.67 Å². The monoisotopic (exact) mass is 196 g/mol. The first-order valence-corrected chi connectivity index (χ1v) is 4.74. The number of alkyl halides is 1. The third kappa shape index (κ3) is 2.79. The first-order valence-electron chi connectivity index (χ1n) is 4.74. The average molecular weight is 196 g/mol. The fourth-order valence-electron chi connectivity index (χ4n) is 1.30. The van der Waals surface area contributed by atoms with E-state index in [4.69, 9.17) is 11.5 Å². The molecule has 14 heavy (non-hydrogen) atoms. The molecule has 0 aliphatic heterocycles. The van der Waals surface area contributed by atoms with E-state index in [1.165, 1.54) is 5.56 Å². The Morgan fingerprint density at radius 1 is 1.14 bits per heavy atom. The van der Waals surface area contributed by atoms with Gasteiger partial charge in [0.15, 0.2) is 0 Å². The zero-order chi connectivity index (χ0) is 10.6. The van der Waals surface area contributed by atoms with Gasteiger partial charge >= 0.3 is 0 Å². The summed E-state index contributed by atoms with van der Waals surface area (Å²) in [6.45, 7) is 1.94. The number of benzene rings is 1. The molecule has 0 saturated carbocycles. The summed E-state index contributed by atoms with van der Waals surface area (Å²) in [6, 6.07) is 7.75. The van der Waals surface area contributed by atoms with E-state index in [2.05, 4.69) is 0 Å². The first kappa shape index (κ1) is 11.1. The van der Waals surface area contributed by atoms with Gasteiger partial charge in [0.05, 0.1) is 0 Å². The quantitative estimate of drug-likeness (QED) is 0.759. The van der Waals surface area contributed by atoms with Crippen LogP contribution in [-0.4, -0.2) is 18.8 Å². The van der Waals surface area contributed by atoms with Crippen molar-refractivity contribution in [3.05, 3.63) is 35.4 Å². The maximum Gasteiger partial charge on any atom is 0.139 e. The van der Waals surface area contributed by atoms with Gasteiger partial charge in [0.2, 0.25) is 0 Å². The first-order chi connectivity index (χ1) is 6.59.